The van der Waals surface area contributed by atoms with Crippen LogP contribution in [-0.4, -0.2) is 18.1 Å². The van der Waals surface area contributed by atoms with E-state index in [1.165, 1.54) is 6.21 Å². The van der Waals surface area contributed by atoms with Crippen LogP contribution in [0.4, 0.5) is 0 Å². The summed E-state index contributed by atoms with van der Waals surface area (Å²) in [6.45, 7) is 0.398. The SMILES string of the molecule is O=C(N/N=C\c1ccc(OC(=O)c2ccccc2Br)cc1)c1ccc(OCc2ccc(Cl)cc2)cc1. The van der Waals surface area contributed by atoms with Crippen molar-refractivity contribution in [1.29, 1.82) is 0 Å². The molecule has 0 saturated carbocycles. The number of hydrazone groups is 1. The van der Waals surface area contributed by atoms with Crippen LogP contribution < -0.4 is 14.9 Å². The number of esters is 1. The zero-order valence-electron chi connectivity index (χ0n) is 18.9. The van der Waals surface area contributed by atoms with Gasteiger partial charge in [-0.15, -0.1) is 0 Å². The standard InChI is InChI=1S/C28H20BrClN2O4/c29-26-4-2-1-3-25(26)28(34)36-24-13-7-19(8-14-24)17-31-32-27(33)21-9-15-23(16-10-21)35-18-20-5-11-22(30)12-6-20/h1-17H,18H2,(H,32,33)/b31-17-. The molecule has 4 aromatic carbocycles. The Labute approximate surface area is 221 Å². The molecule has 0 heterocycles. The Hall–Kier alpha value is -3.94. The summed E-state index contributed by atoms with van der Waals surface area (Å²) in [5.74, 6) is 0.229. The average molecular weight is 564 g/mol. The average Bonchev–Trinajstić information content (AvgIpc) is 2.90. The number of hydrogen-bond donors (Lipinski definition) is 1. The highest BCUT2D eigenvalue weighted by atomic mass is 79.9. The second kappa shape index (κ2) is 12.2. The van der Waals surface area contributed by atoms with Gasteiger partial charge in [0, 0.05) is 15.1 Å². The van der Waals surface area contributed by atoms with Gasteiger partial charge in [-0.25, -0.2) is 10.2 Å². The number of carbonyl (C=O) groups is 2. The van der Waals surface area contributed by atoms with E-state index in [-0.39, 0.29) is 5.91 Å². The summed E-state index contributed by atoms with van der Waals surface area (Å²) in [6, 6.07) is 28.0. The van der Waals surface area contributed by atoms with Gasteiger partial charge in [-0.1, -0.05) is 35.9 Å². The van der Waals surface area contributed by atoms with Crippen molar-refractivity contribution in [3.63, 3.8) is 0 Å². The number of halogens is 2. The molecule has 0 aliphatic carbocycles. The molecule has 0 saturated heterocycles. The van der Waals surface area contributed by atoms with Crippen molar-refractivity contribution >= 4 is 45.6 Å². The fourth-order valence-electron chi connectivity index (χ4n) is 3.09. The summed E-state index contributed by atoms with van der Waals surface area (Å²) in [6.07, 6.45) is 1.50. The Morgan fingerprint density at radius 3 is 2.22 bits per heavy atom. The zero-order chi connectivity index (χ0) is 25.3. The van der Waals surface area contributed by atoms with Gasteiger partial charge in [0.1, 0.15) is 18.1 Å². The molecule has 8 heteroatoms. The van der Waals surface area contributed by atoms with Gasteiger partial charge in [-0.05, 0) is 99.9 Å². The molecule has 1 N–H and O–H groups in total. The highest BCUT2D eigenvalue weighted by molar-refractivity contribution is 9.10. The van der Waals surface area contributed by atoms with Crippen LogP contribution in [0.5, 0.6) is 11.5 Å². The first kappa shape index (κ1) is 25.2. The van der Waals surface area contributed by atoms with Crippen molar-refractivity contribution in [1.82, 2.24) is 5.43 Å². The largest absolute Gasteiger partial charge is 0.489 e. The quantitative estimate of drug-likeness (QED) is 0.112. The third-order valence-corrected chi connectivity index (χ3v) is 5.94. The van der Waals surface area contributed by atoms with E-state index < -0.39 is 5.97 Å². The number of hydrogen-bond acceptors (Lipinski definition) is 5. The number of nitrogens with one attached hydrogen (secondary N) is 1. The smallest absolute Gasteiger partial charge is 0.344 e. The van der Waals surface area contributed by atoms with Crippen molar-refractivity contribution in [2.75, 3.05) is 0 Å². The molecule has 36 heavy (non-hydrogen) atoms. The molecule has 6 nitrogen and oxygen atoms in total. The van der Waals surface area contributed by atoms with Crippen LogP contribution in [0.1, 0.15) is 31.8 Å². The Morgan fingerprint density at radius 1 is 0.861 bits per heavy atom. The van der Waals surface area contributed by atoms with E-state index in [1.54, 1.807) is 66.7 Å². The molecule has 0 aromatic heterocycles. The van der Waals surface area contributed by atoms with Crippen molar-refractivity contribution < 1.29 is 19.1 Å². The topological polar surface area (TPSA) is 77.0 Å². The van der Waals surface area contributed by atoms with Gasteiger partial charge >= 0.3 is 5.97 Å². The Kier molecular flexibility index (Phi) is 8.49. The van der Waals surface area contributed by atoms with Crippen molar-refractivity contribution in [2.45, 2.75) is 6.61 Å². The lowest BCUT2D eigenvalue weighted by atomic mass is 10.2. The summed E-state index contributed by atoms with van der Waals surface area (Å²) < 4.78 is 11.8. The van der Waals surface area contributed by atoms with Gasteiger partial charge in [-0.2, -0.15) is 5.10 Å². The molecule has 0 bridgehead atoms. The van der Waals surface area contributed by atoms with Crippen molar-refractivity contribution in [2.24, 2.45) is 5.10 Å². The van der Waals surface area contributed by atoms with Crippen molar-refractivity contribution in [3.05, 3.63) is 129 Å². The lowest BCUT2D eigenvalue weighted by molar-refractivity contribution is 0.0733. The van der Waals surface area contributed by atoms with E-state index in [2.05, 4.69) is 26.5 Å². The van der Waals surface area contributed by atoms with E-state index >= 15 is 0 Å². The van der Waals surface area contributed by atoms with Gasteiger partial charge in [0.15, 0.2) is 0 Å². The highest BCUT2D eigenvalue weighted by Crippen LogP contribution is 2.20. The fraction of sp³-hybridized carbons (Fsp3) is 0.0357. The molecular formula is C28H20BrClN2O4. The first-order valence-electron chi connectivity index (χ1n) is 10.9. The number of benzene rings is 4. The van der Waals surface area contributed by atoms with Gasteiger partial charge in [0.2, 0.25) is 0 Å². The van der Waals surface area contributed by atoms with Crippen molar-refractivity contribution in [3.8, 4) is 11.5 Å². The summed E-state index contributed by atoms with van der Waals surface area (Å²) in [5.41, 5.74) is 5.09. The first-order chi connectivity index (χ1) is 17.5. The maximum Gasteiger partial charge on any atom is 0.344 e. The zero-order valence-corrected chi connectivity index (χ0v) is 21.2. The highest BCUT2D eigenvalue weighted by Gasteiger charge is 2.11. The summed E-state index contributed by atoms with van der Waals surface area (Å²) >= 11 is 9.22. The molecule has 1 amide bonds. The fourth-order valence-corrected chi connectivity index (χ4v) is 3.66. The van der Waals surface area contributed by atoms with Crippen LogP contribution >= 0.6 is 27.5 Å². The summed E-state index contributed by atoms with van der Waals surface area (Å²) in [7, 11) is 0. The van der Waals surface area contributed by atoms with Gasteiger partial charge in [-0.3, -0.25) is 4.79 Å². The normalized spacial score (nSPS) is 10.7. The van der Waals surface area contributed by atoms with E-state index in [9.17, 15) is 9.59 Å². The van der Waals surface area contributed by atoms with Gasteiger partial charge in [0.25, 0.3) is 5.91 Å². The maximum absolute atomic E-state index is 12.4. The predicted octanol–water partition coefficient (Wildman–Crippen LogP) is 6.66. The first-order valence-corrected chi connectivity index (χ1v) is 12.0. The minimum Gasteiger partial charge on any atom is -0.489 e. The number of carbonyl (C=O) groups excluding carboxylic acids is 2. The van der Waals surface area contributed by atoms with Gasteiger partial charge in [0.05, 0.1) is 11.8 Å². The molecule has 0 unspecified atom stereocenters. The van der Waals surface area contributed by atoms with Gasteiger partial charge < -0.3 is 9.47 Å². The molecule has 0 spiro atoms. The van der Waals surface area contributed by atoms with E-state index in [0.717, 1.165) is 11.1 Å². The Morgan fingerprint density at radius 2 is 1.53 bits per heavy atom. The molecule has 0 atom stereocenters. The van der Waals surface area contributed by atoms with Crippen LogP contribution in [0.25, 0.3) is 0 Å². The monoisotopic (exact) mass is 562 g/mol. The third-order valence-electron chi connectivity index (χ3n) is 5.00. The van der Waals surface area contributed by atoms with Crippen LogP contribution in [0.3, 0.4) is 0 Å². The lowest BCUT2D eigenvalue weighted by Crippen LogP contribution is -2.17. The molecule has 0 aliphatic rings. The number of nitrogens with zero attached hydrogens (tertiary/aromatic N) is 1. The molecule has 4 aromatic rings. The second-order valence-corrected chi connectivity index (χ2v) is 8.87. The predicted molar refractivity (Wildman–Crippen MR) is 143 cm³/mol. The minimum absolute atomic E-state index is 0.352. The summed E-state index contributed by atoms with van der Waals surface area (Å²) in [4.78, 5) is 24.7. The van der Waals surface area contributed by atoms with Crippen LogP contribution in [0.15, 0.2) is 107 Å². The second-order valence-electron chi connectivity index (χ2n) is 7.58. The van der Waals surface area contributed by atoms with E-state index in [0.29, 0.717) is 38.7 Å². The summed E-state index contributed by atoms with van der Waals surface area (Å²) in [5, 5.41) is 4.67. The van der Waals surface area contributed by atoms with E-state index in [4.69, 9.17) is 21.1 Å². The number of amides is 1. The van der Waals surface area contributed by atoms with Crippen LogP contribution in [0.2, 0.25) is 5.02 Å². The maximum atomic E-state index is 12.4. The number of ether oxygens (including phenoxy) is 2. The molecule has 0 fully saturated rings. The molecule has 180 valence electrons. The Balaban J connectivity index is 1.26. The molecular weight excluding hydrogens is 544 g/mol. The lowest BCUT2D eigenvalue weighted by Gasteiger charge is -2.07. The van der Waals surface area contributed by atoms with Crippen LogP contribution in [-0.2, 0) is 6.61 Å². The van der Waals surface area contributed by atoms with E-state index in [1.807, 2.05) is 30.3 Å². The Bertz CT molecular complexity index is 1370. The van der Waals surface area contributed by atoms with Crippen LogP contribution in [0, 0.1) is 0 Å². The molecule has 0 radical (unpaired) electrons. The minimum atomic E-state index is -0.461. The molecule has 4 rings (SSSR count). The number of rotatable bonds is 8. The molecule has 0 aliphatic heterocycles. The third kappa shape index (κ3) is 7.04.